The molecule has 2 unspecified atom stereocenters. The first-order chi connectivity index (χ1) is 25.3. The number of allylic oxidation sites excluding steroid dienone is 3. The quantitative estimate of drug-likeness (QED) is 0.126. The molecule has 1 aromatic heterocycles. The Balaban J connectivity index is 0.000000179. The van der Waals surface area contributed by atoms with Crippen molar-refractivity contribution in [3.63, 3.8) is 0 Å². The van der Waals surface area contributed by atoms with Gasteiger partial charge in [0.05, 0.1) is 0 Å². The van der Waals surface area contributed by atoms with Crippen LogP contribution in [0.15, 0.2) is 84.0 Å². The minimum atomic E-state index is 0.376. The number of fused-ring (bicyclic) bond motifs is 1. The first-order valence-electron chi connectivity index (χ1n) is 21.5. The van der Waals surface area contributed by atoms with E-state index >= 15 is 0 Å². The van der Waals surface area contributed by atoms with Gasteiger partial charge in [0.2, 0.25) is 0 Å². The summed E-state index contributed by atoms with van der Waals surface area (Å²) in [4.78, 5) is 3.71. The smallest absolute Gasteiger partial charge is 0.0494 e. The third-order valence-corrected chi connectivity index (χ3v) is 12.2. The average molecular weight is 698 g/mol. The van der Waals surface area contributed by atoms with Crippen LogP contribution in [-0.2, 0) is 6.42 Å². The second kappa shape index (κ2) is 19.1. The lowest BCUT2D eigenvalue weighted by Crippen LogP contribution is -2.19. The Labute approximate surface area is 318 Å². The molecule has 1 heterocycles. The normalized spacial score (nSPS) is 18.0. The Morgan fingerprint density at radius 1 is 0.808 bits per heavy atom. The Bertz CT molecular complexity index is 1750. The van der Waals surface area contributed by atoms with Crippen molar-refractivity contribution in [2.24, 2.45) is 11.3 Å². The predicted molar refractivity (Wildman–Crippen MR) is 230 cm³/mol. The van der Waals surface area contributed by atoms with Crippen LogP contribution in [-0.4, -0.2) is 4.98 Å². The molecule has 4 aromatic rings. The maximum absolute atomic E-state index is 3.71. The van der Waals surface area contributed by atoms with Gasteiger partial charge in [0.1, 0.15) is 0 Å². The third kappa shape index (κ3) is 9.80. The third-order valence-electron chi connectivity index (χ3n) is 12.2. The minimum absolute atomic E-state index is 0.376. The lowest BCUT2D eigenvalue weighted by molar-refractivity contribution is 0.358. The van der Waals surface area contributed by atoms with E-state index in [1.54, 1.807) is 27.8 Å². The molecule has 3 fully saturated rings. The monoisotopic (exact) mass is 698 g/mol. The highest BCUT2D eigenvalue weighted by Crippen LogP contribution is 2.62. The first-order valence-corrected chi connectivity index (χ1v) is 21.5. The van der Waals surface area contributed by atoms with Gasteiger partial charge >= 0.3 is 0 Å². The minimum Gasteiger partial charge on any atom is -0.354 e. The first kappa shape index (κ1) is 39.9. The van der Waals surface area contributed by atoms with Crippen LogP contribution in [0.5, 0.6) is 0 Å². The van der Waals surface area contributed by atoms with Crippen LogP contribution in [0.4, 0.5) is 0 Å². The number of hydrogen-bond donors (Lipinski definition) is 1. The van der Waals surface area contributed by atoms with Crippen molar-refractivity contribution in [2.75, 3.05) is 0 Å². The van der Waals surface area contributed by atoms with Crippen molar-refractivity contribution in [1.82, 2.24) is 4.98 Å². The summed E-state index contributed by atoms with van der Waals surface area (Å²) in [5.74, 6) is 2.37. The van der Waals surface area contributed by atoms with Gasteiger partial charge in [-0.15, -0.1) is 0 Å². The molecule has 0 radical (unpaired) electrons. The summed E-state index contributed by atoms with van der Waals surface area (Å²) in [5.41, 5.74) is 15.5. The molecular weight excluding hydrogens is 627 g/mol. The van der Waals surface area contributed by atoms with Gasteiger partial charge in [0.25, 0.3) is 0 Å². The van der Waals surface area contributed by atoms with Crippen molar-refractivity contribution in [3.05, 3.63) is 112 Å². The fourth-order valence-electron chi connectivity index (χ4n) is 8.78. The molecule has 280 valence electrons. The zero-order chi connectivity index (χ0) is 37.1. The maximum atomic E-state index is 3.71. The van der Waals surface area contributed by atoms with Gasteiger partial charge in [0.15, 0.2) is 0 Å². The van der Waals surface area contributed by atoms with Crippen molar-refractivity contribution >= 4 is 17.0 Å². The number of aromatic nitrogens is 1. The molecule has 2 atom stereocenters. The molecule has 0 aliphatic heterocycles. The van der Waals surface area contributed by atoms with E-state index in [-0.39, 0.29) is 0 Å². The Hall–Kier alpha value is -3.32. The molecule has 0 saturated heterocycles. The number of nitrogens with one attached hydrogen (secondary N) is 1. The molecule has 0 bridgehead atoms. The van der Waals surface area contributed by atoms with Gasteiger partial charge in [0, 0.05) is 16.6 Å². The van der Waals surface area contributed by atoms with Gasteiger partial charge < -0.3 is 4.98 Å². The topological polar surface area (TPSA) is 15.8 Å². The number of H-pyrrole nitrogens is 1. The van der Waals surface area contributed by atoms with Crippen LogP contribution in [0.2, 0.25) is 0 Å². The maximum Gasteiger partial charge on any atom is 0.0494 e. The van der Waals surface area contributed by atoms with E-state index in [4.69, 9.17) is 0 Å². The standard InChI is InChI=1S/C25H36.C21H23N.C5H12/c1-6-8-9-13-20-18(3)12-10-14-21(20)22-17-24(22)25(4,5)23(11-7-2)19-15-16-19;1-2-7-19-18(15-10-6-11-15)13-12-17-14-20(22-21(17)19)16-8-4-3-5-9-16;1-3-5-4-2/h9-10,12-14,22,24H,6-8,11,15-17H2,1-5H3;3-5,8-9,12-15,22H,2,6-7,10-11H2,1H3;3-5H2,1-2H3/b13-9-;;. The molecule has 3 aromatic carbocycles. The number of hydrogen-bond acceptors (Lipinski definition) is 0. The highest BCUT2D eigenvalue weighted by molar-refractivity contribution is 5.89. The molecule has 0 amide bonds. The molecular formula is C51H71N. The van der Waals surface area contributed by atoms with Crippen molar-refractivity contribution in [1.29, 1.82) is 0 Å². The number of aromatic amines is 1. The van der Waals surface area contributed by atoms with E-state index in [1.165, 1.54) is 130 Å². The Morgan fingerprint density at radius 3 is 2.15 bits per heavy atom. The fourth-order valence-corrected chi connectivity index (χ4v) is 8.78. The van der Waals surface area contributed by atoms with Gasteiger partial charge in [-0.3, -0.25) is 0 Å². The van der Waals surface area contributed by atoms with Crippen LogP contribution in [0.1, 0.15) is 178 Å². The number of aryl methyl sites for hydroxylation is 2. The summed E-state index contributed by atoms with van der Waals surface area (Å²) in [5, 5.41) is 1.35. The molecule has 1 nitrogen and oxygen atoms in total. The van der Waals surface area contributed by atoms with Crippen LogP contribution in [0.25, 0.3) is 28.2 Å². The Morgan fingerprint density at radius 2 is 1.56 bits per heavy atom. The van der Waals surface area contributed by atoms with E-state index in [2.05, 4.69) is 139 Å². The molecule has 3 aliphatic rings. The van der Waals surface area contributed by atoms with Crippen LogP contribution in [0.3, 0.4) is 0 Å². The van der Waals surface area contributed by atoms with Crippen molar-refractivity contribution < 1.29 is 0 Å². The summed E-state index contributed by atoms with van der Waals surface area (Å²) in [6.45, 7) is 18.6. The largest absolute Gasteiger partial charge is 0.354 e. The summed E-state index contributed by atoms with van der Waals surface area (Å²) in [6.07, 6.45) is 24.5. The summed E-state index contributed by atoms with van der Waals surface area (Å²) >= 11 is 0. The molecule has 0 spiro atoms. The number of unbranched alkanes of at least 4 members (excludes halogenated alkanes) is 3. The van der Waals surface area contributed by atoms with Gasteiger partial charge in [-0.05, 0) is 121 Å². The van der Waals surface area contributed by atoms with Crippen molar-refractivity contribution in [3.8, 4) is 11.3 Å². The predicted octanol–water partition coefficient (Wildman–Crippen LogP) is 16.1. The van der Waals surface area contributed by atoms with Crippen LogP contribution < -0.4 is 0 Å². The summed E-state index contributed by atoms with van der Waals surface area (Å²) in [6, 6.07) is 24.6. The summed E-state index contributed by atoms with van der Waals surface area (Å²) < 4.78 is 0. The van der Waals surface area contributed by atoms with E-state index in [0.717, 1.165) is 17.8 Å². The molecule has 1 heteroatoms. The van der Waals surface area contributed by atoms with E-state index in [0.29, 0.717) is 5.41 Å². The Kier molecular flexibility index (Phi) is 14.7. The molecule has 3 aliphatic carbocycles. The van der Waals surface area contributed by atoms with E-state index < -0.39 is 0 Å². The van der Waals surface area contributed by atoms with Gasteiger partial charge in [-0.25, -0.2) is 0 Å². The lowest BCUT2D eigenvalue weighted by atomic mass is 9.75. The fraction of sp³-hybridized carbons (Fsp3) is 0.529. The highest BCUT2D eigenvalue weighted by Gasteiger charge is 2.51. The summed E-state index contributed by atoms with van der Waals surface area (Å²) in [7, 11) is 0. The molecule has 3 saturated carbocycles. The van der Waals surface area contributed by atoms with E-state index in [9.17, 15) is 0 Å². The average Bonchev–Trinajstić information content (AvgIpc) is 4.07. The molecule has 7 rings (SSSR count). The van der Waals surface area contributed by atoms with Crippen molar-refractivity contribution in [2.45, 2.75) is 164 Å². The second-order valence-corrected chi connectivity index (χ2v) is 16.6. The van der Waals surface area contributed by atoms with Crippen LogP contribution in [0, 0.1) is 18.3 Å². The zero-order valence-electron chi connectivity index (χ0n) is 34.3. The zero-order valence-corrected chi connectivity index (χ0v) is 34.3. The molecule has 1 N–H and O–H groups in total. The van der Waals surface area contributed by atoms with Gasteiger partial charge in [-0.1, -0.05) is 177 Å². The molecule has 52 heavy (non-hydrogen) atoms. The number of rotatable bonds is 14. The highest BCUT2D eigenvalue weighted by atomic mass is 14.7. The van der Waals surface area contributed by atoms with Gasteiger partial charge in [-0.2, -0.15) is 0 Å². The SMILES string of the molecule is CCC/C=C\c1c(C)cccc1C1CC1C(C)(C)C(CCC)=C1CC1.CCCCC.CCCc1c(C2CCC2)ccc2cc(-c3ccccc3)[nH]c12. The second-order valence-electron chi connectivity index (χ2n) is 16.6. The van der Waals surface area contributed by atoms with E-state index in [1.807, 2.05) is 0 Å². The lowest BCUT2D eigenvalue weighted by Gasteiger charge is -2.30. The van der Waals surface area contributed by atoms with Crippen LogP contribution >= 0.6 is 0 Å². The number of benzene rings is 3.